The Labute approximate surface area is 281 Å². The molecular weight excluding hydrogens is 622 g/mol. The number of nitriles is 1. The Hall–Kier alpha value is -5.13. The number of hydrogen-bond donors (Lipinski definition) is 5. The molecule has 1 unspecified atom stereocenters. The number of carbonyl (C=O) groups excluding carboxylic acids is 3. The standard InChI is InChI=1S/C33H44BFN6O7/c1-32(2,3)27(29(43)45-7)40-28(42)26(37)25-23(39-19-21-13-15-22(35)16-14-21)11-10-12-24(25)46-18-9-8-17-38-30(34-47-20-36)41-31(44)48-33(4,5)6/h10-16,27,37-39H,8-9,17-19H2,1-7H3,(H,40,42)(H,41,44). The summed E-state index contributed by atoms with van der Waals surface area (Å²) >= 11 is 0. The van der Waals surface area contributed by atoms with Crippen LogP contribution in [0.15, 0.2) is 42.5 Å². The Morgan fingerprint density at radius 3 is 2.33 bits per heavy atom. The first-order valence-electron chi connectivity index (χ1n) is 15.3. The number of benzene rings is 2. The van der Waals surface area contributed by atoms with Crippen molar-refractivity contribution in [3.63, 3.8) is 0 Å². The van der Waals surface area contributed by atoms with Gasteiger partial charge in [-0.05, 0) is 23.1 Å². The van der Waals surface area contributed by atoms with Crippen molar-refractivity contribution in [2.75, 3.05) is 25.6 Å². The van der Waals surface area contributed by atoms with Crippen LogP contribution in [0.4, 0.5) is 14.9 Å². The number of halogens is 1. The van der Waals surface area contributed by atoms with Gasteiger partial charge in [0.05, 0.1) is 7.11 Å². The summed E-state index contributed by atoms with van der Waals surface area (Å²) in [6.45, 7) is 11.3. The molecule has 0 aliphatic rings. The van der Waals surface area contributed by atoms with Gasteiger partial charge in [0, 0.05) is 0 Å². The third-order valence-electron chi connectivity index (χ3n) is 6.49. The number of hydrogen-bond acceptors (Lipinski definition) is 11. The van der Waals surface area contributed by atoms with Gasteiger partial charge < -0.3 is 4.74 Å². The van der Waals surface area contributed by atoms with Crippen LogP contribution in [0.3, 0.4) is 0 Å². The van der Waals surface area contributed by atoms with E-state index in [0.717, 1.165) is 12.7 Å². The normalized spacial score (nSPS) is 11.9. The smallest absolute Gasteiger partial charge is 0.00707 e. The van der Waals surface area contributed by atoms with E-state index >= 15 is 0 Å². The third-order valence-corrected chi connectivity index (χ3v) is 6.49. The fourth-order valence-corrected chi connectivity index (χ4v) is 4.17. The molecule has 15 heteroatoms. The minimum atomic E-state index is -1.02. The Morgan fingerprint density at radius 1 is 1.04 bits per heavy atom. The summed E-state index contributed by atoms with van der Waals surface area (Å²) in [4.78, 5) is 38.0. The summed E-state index contributed by atoms with van der Waals surface area (Å²) in [5, 5.41) is 28.9. The van der Waals surface area contributed by atoms with Gasteiger partial charge in [0.2, 0.25) is 0 Å². The molecule has 5 N–H and O–H groups in total. The molecule has 0 radical (unpaired) electrons. The third kappa shape index (κ3) is 13.3. The summed E-state index contributed by atoms with van der Waals surface area (Å²) in [5.41, 5.74) is -0.360. The predicted molar refractivity (Wildman–Crippen MR) is 180 cm³/mol. The number of nitrogens with one attached hydrogen (secondary N) is 5. The topological polar surface area (TPSA) is 184 Å². The number of nitrogens with zero attached hydrogens (tertiary/aromatic N) is 1. The first-order valence-corrected chi connectivity index (χ1v) is 15.3. The van der Waals surface area contributed by atoms with E-state index in [1.807, 2.05) is 0 Å². The molecule has 13 nitrogen and oxygen atoms in total. The number of rotatable bonds is 16. The van der Waals surface area contributed by atoms with Gasteiger partial charge in [0.25, 0.3) is 0 Å². The minimum absolute atomic E-state index is 0.133. The van der Waals surface area contributed by atoms with Crippen molar-refractivity contribution in [1.82, 2.24) is 16.0 Å². The molecule has 2 aromatic rings. The predicted octanol–water partition coefficient (Wildman–Crippen LogP) is 3.99. The summed E-state index contributed by atoms with van der Waals surface area (Å²) in [6.07, 6.45) is 1.86. The molecular formula is C33H44BFN6O7. The number of unbranched alkanes of at least 4 members (excludes halogenated alkanes) is 1. The van der Waals surface area contributed by atoms with E-state index in [4.69, 9.17) is 24.9 Å². The molecule has 2 aromatic carbocycles. The van der Waals surface area contributed by atoms with Crippen LogP contribution in [0.1, 0.15) is 65.5 Å². The molecule has 0 fully saturated rings. The summed E-state index contributed by atoms with van der Waals surface area (Å²) in [7, 11) is 2.28. The molecule has 2 rings (SSSR count). The van der Waals surface area contributed by atoms with Gasteiger partial charge in [0.1, 0.15) is 11.9 Å². The van der Waals surface area contributed by atoms with Crippen LogP contribution in [-0.4, -0.2) is 68.4 Å². The van der Waals surface area contributed by atoms with E-state index in [9.17, 15) is 18.8 Å². The second-order valence-corrected chi connectivity index (χ2v) is 12.7. The molecule has 0 aliphatic carbocycles. The second kappa shape index (κ2) is 18.3. The van der Waals surface area contributed by atoms with Crippen molar-refractivity contribution < 1.29 is 37.6 Å². The Bertz CT molecular complexity index is 1500. The Morgan fingerprint density at radius 2 is 1.73 bits per heavy atom. The molecule has 1 atom stereocenters. The van der Waals surface area contributed by atoms with Gasteiger partial charge in [-0.2, -0.15) is 0 Å². The zero-order chi connectivity index (χ0) is 35.9. The molecule has 0 spiro atoms. The zero-order valence-electron chi connectivity index (χ0n) is 28.4. The van der Waals surface area contributed by atoms with Crippen LogP contribution in [0.2, 0.25) is 0 Å². The maximum Gasteiger partial charge on any atom is -0.00707 e. The number of amides is 2. The number of anilines is 1. The SMILES string of the molecule is COC(=O)C(NC(=O)C(=N)c1c(NCc2ccc(F)cc2)cccc1OCCCCNC(=BOC#N)NC(=O)OC(C)(C)C)C(C)(C)C. The van der Waals surface area contributed by atoms with Crippen LogP contribution >= 0.6 is 0 Å². The molecule has 48 heavy (non-hydrogen) atoms. The molecule has 2 amide bonds. The van der Waals surface area contributed by atoms with Crippen molar-refractivity contribution in [1.29, 1.82) is 10.7 Å². The van der Waals surface area contributed by atoms with E-state index in [0.29, 0.717) is 25.1 Å². The molecule has 0 aromatic heterocycles. The molecule has 0 aliphatic heterocycles. The van der Waals surface area contributed by atoms with Gasteiger partial charge in [0.15, 0.2) is 0 Å². The minimum Gasteiger partial charge on any atom is -0.0576 e. The van der Waals surface area contributed by atoms with E-state index in [1.165, 1.54) is 25.5 Å². The average Bonchev–Trinajstić information content (AvgIpc) is 3.01. The molecule has 0 saturated carbocycles. The molecule has 0 heterocycles. The average molecular weight is 667 g/mol. The van der Waals surface area contributed by atoms with Gasteiger partial charge in [-0.25, -0.2) is 9.18 Å². The first-order chi connectivity index (χ1) is 22.6. The number of alkyl carbamates (subject to hydrolysis) is 1. The van der Waals surface area contributed by atoms with Gasteiger partial charge >= 0.3 is 193 Å². The zero-order valence-corrected chi connectivity index (χ0v) is 28.4. The van der Waals surface area contributed by atoms with Crippen LogP contribution in [0.25, 0.3) is 0 Å². The van der Waals surface area contributed by atoms with Gasteiger partial charge in [-0.3, -0.25) is 0 Å². The summed E-state index contributed by atoms with van der Waals surface area (Å²) in [5.74, 6) is -1.56. The van der Waals surface area contributed by atoms with Crippen LogP contribution < -0.4 is 26.0 Å². The van der Waals surface area contributed by atoms with Gasteiger partial charge in [-0.15, -0.1) is 0 Å². The van der Waals surface area contributed by atoms with Crippen molar-refractivity contribution in [2.24, 2.45) is 5.41 Å². The molecule has 0 bridgehead atoms. The molecule has 0 saturated heterocycles. The fourth-order valence-electron chi connectivity index (χ4n) is 4.17. The van der Waals surface area contributed by atoms with Crippen LogP contribution in [-0.2, 0) is 30.3 Å². The van der Waals surface area contributed by atoms with Crippen LogP contribution in [0, 0.1) is 28.2 Å². The van der Waals surface area contributed by atoms with Crippen molar-refractivity contribution in [2.45, 2.75) is 72.6 Å². The summed E-state index contributed by atoms with van der Waals surface area (Å²) in [6, 6.07) is 9.92. The monoisotopic (exact) mass is 666 g/mol. The maximum atomic E-state index is 13.4. The van der Waals surface area contributed by atoms with Crippen molar-refractivity contribution in [3.8, 4) is 12.0 Å². The second-order valence-electron chi connectivity index (χ2n) is 12.7. The number of methoxy groups -OCH3 is 1. The van der Waals surface area contributed by atoms with E-state index in [-0.39, 0.29) is 36.0 Å². The number of carbonyl (C=O) groups is 3. The van der Waals surface area contributed by atoms with E-state index in [1.54, 1.807) is 71.9 Å². The summed E-state index contributed by atoms with van der Waals surface area (Å²) < 4.78 is 34.2. The van der Waals surface area contributed by atoms with Crippen molar-refractivity contribution >= 4 is 42.2 Å². The molecule has 258 valence electrons. The van der Waals surface area contributed by atoms with E-state index < -0.39 is 40.7 Å². The number of ether oxygens (including phenoxy) is 3. The van der Waals surface area contributed by atoms with Gasteiger partial charge in [-0.1, -0.05) is 32.9 Å². The first kappa shape index (κ1) is 39.1. The Balaban J connectivity index is 2.18. The largest absolute Gasteiger partial charge is 0.0576 e. The van der Waals surface area contributed by atoms with E-state index in [2.05, 4.69) is 25.9 Å². The quantitative estimate of drug-likeness (QED) is 0.0577. The maximum absolute atomic E-state index is 13.4. The fraction of sp³-hybridized carbons (Fsp3) is 0.455. The Kier molecular flexibility index (Phi) is 14.9. The van der Waals surface area contributed by atoms with Crippen LogP contribution in [0.5, 0.6) is 5.75 Å². The van der Waals surface area contributed by atoms with Crippen molar-refractivity contribution in [3.05, 3.63) is 59.4 Å². The number of esters is 1.